The molecule has 10 rings (SSSR count). The van der Waals surface area contributed by atoms with Gasteiger partial charge in [0.05, 0.1) is 11.1 Å². The fourth-order valence-electron chi connectivity index (χ4n) is 7.74. The van der Waals surface area contributed by atoms with Crippen molar-refractivity contribution >= 4 is 89.9 Å². The predicted molar refractivity (Wildman–Crippen MR) is 190 cm³/mol. The SMILES string of the molecule is [2H]C([2H])([2H])c1cc2c(c3c1oc1c4ccccc4ccc13)N(c1ccccc1)c1cccc3c1B2c1ccccc1N3c1ccccc1. The maximum absolute atomic E-state index is 8.79. The van der Waals surface area contributed by atoms with E-state index in [9.17, 15) is 0 Å². The molecule has 0 spiro atoms. The summed E-state index contributed by atoms with van der Waals surface area (Å²) in [6.07, 6.45) is 0. The Balaban J connectivity index is 1.40. The lowest BCUT2D eigenvalue weighted by molar-refractivity contribution is 0.669. The summed E-state index contributed by atoms with van der Waals surface area (Å²) in [6, 6.07) is 50.1. The summed E-state index contributed by atoms with van der Waals surface area (Å²) in [7, 11) is 0. The van der Waals surface area contributed by atoms with Crippen LogP contribution in [0.2, 0.25) is 0 Å². The fourth-order valence-corrected chi connectivity index (χ4v) is 7.74. The third kappa shape index (κ3) is 3.31. The molecule has 210 valence electrons. The third-order valence-corrected chi connectivity index (χ3v) is 9.52. The Morgan fingerprint density at radius 3 is 2.02 bits per heavy atom. The Bertz CT molecular complexity index is 2580. The van der Waals surface area contributed by atoms with Crippen LogP contribution in [0.5, 0.6) is 0 Å². The topological polar surface area (TPSA) is 19.6 Å². The van der Waals surface area contributed by atoms with Crippen LogP contribution in [0.4, 0.5) is 34.1 Å². The maximum Gasteiger partial charge on any atom is 0.252 e. The molecule has 4 heteroatoms. The van der Waals surface area contributed by atoms with Crippen LogP contribution in [-0.4, -0.2) is 6.71 Å². The van der Waals surface area contributed by atoms with Gasteiger partial charge in [0.2, 0.25) is 0 Å². The molecule has 0 amide bonds. The van der Waals surface area contributed by atoms with Crippen LogP contribution in [0.25, 0.3) is 32.7 Å². The lowest BCUT2D eigenvalue weighted by Crippen LogP contribution is -2.61. The first kappa shape index (κ1) is 21.9. The zero-order valence-corrected chi connectivity index (χ0v) is 24.2. The van der Waals surface area contributed by atoms with Gasteiger partial charge in [0.1, 0.15) is 11.2 Å². The van der Waals surface area contributed by atoms with Crippen LogP contribution in [-0.2, 0) is 0 Å². The van der Waals surface area contributed by atoms with E-state index in [-0.39, 0.29) is 12.3 Å². The van der Waals surface area contributed by atoms with Crippen molar-refractivity contribution in [3.05, 3.63) is 151 Å². The number of para-hydroxylation sites is 3. The van der Waals surface area contributed by atoms with E-state index in [4.69, 9.17) is 8.53 Å². The average Bonchev–Trinajstić information content (AvgIpc) is 3.52. The molecule has 0 fully saturated rings. The molecular weight excluding hydrogens is 547 g/mol. The summed E-state index contributed by atoms with van der Waals surface area (Å²) in [5.41, 5.74) is 10.8. The van der Waals surface area contributed by atoms with Crippen molar-refractivity contribution in [3.8, 4) is 0 Å². The highest BCUT2D eigenvalue weighted by Gasteiger charge is 2.44. The summed E-state index contributed by atoms with van der Waals surface area (Å²) in [5.74, 6) is 0. The van der Waals surface area contributed by atoms with Crippen molar-refractivity contribution in [2.75, 3.05) is 9.80 Å². The van der Waals surface area contributed by atoms with Crippen LogP contribution in [0.3, 0.4) is 0 Å². The van der Waals surface area contributed by atoms with E-state index in [2.05, 4.69) is 119 Å². The minimum Gasteiger partial charge on any atom is -0.455 e. The molecule has 2 aliphatic rings. The van der Waals surface area contributed by atoms with E-state index in [1.807, 2.05) is 36.4 Å². The van der Waals surface area contributed by atoms with Crippen molar-refractivity contribution in [3.63, 3.8) is 0 Å². The van der Waals surface area contributed by atoms with Crippen LogP contribution < -0.4 is 26.2 Å². The second kappa shape index (κ2) is 9.14. The number of anilines is 6. The van der Waals surface area contributed by atoms with Gasteiger partial charge in [0, 0.05) is 43.3 Å². The molecule has 0 unspecified atom stereocenters. The van der Waals surface area contributed by atoms with Gasteiger partial charge < -0.3 is 14.2 Å². The van der Waals surface area contributed by atoms with Gasteiger partial charge in [-0.3, -0.25) is 0 Å². The van der Waals surface area contributed by atoms with Crippen LogP contribution in [0, 0.1) is 6.85 Å². The van der Waals surface area contributed by atoms with E-state index in [1.165, 1.54) is 0 Å². The smallest absolute Gasteiger partial charge is 0.252 e. The first-order chi connectivity index (χ1) is 23.5. The number of furan rings is 1. The highest BCUT2D eigenvalue weighted by atomic mass is 16.3. The van der Waals surface area contributed by atoms with E-state index in [0.29, 0.717) is 11.2 Å². The normalized spacial score (nSPS) is 14.6. The van der Waals surface area contributed by atoms with E-state index >= 15 is 0 Å². The Labute approximate surface area is 265 Å². The molecule has 45 heavy (non-hydrogen) atoms. The summed E-state index contributed by atoms with van der Waals surface area (Å²) in [6.45, 7) is -2.61. The molecule has 0 radical (unpaired) electrons. The highest BCUT2D eigenvalue weighted by molar-refractivity contribution is 7.00. The Hall–Kier alpha value is -5.74. The molecule has 0 saturated carbocycles. The van der Waals surface area contributed by atoms with Crippen molar-refractivity contribution < 1.29 is 8.53 Å². The summed E-state index contributed by atoms with van der Waals surface area (Å²) >= 11 is 0. The van der Waals surface area contributed by atoms with Gasteiger partial charge in [-0.25, -0.2) is 0 Å². The number of benzene rings is 7. The largest absolute Gasteiger partial charge is 0.455 e. The highest BCUT2D eigenvalue weighted by Crippen LogP contribution is 2.48. The van der Waals surface area contributed by atoms with Crippen molar-refractivity contribution in [2.24, 2.45) is 0 Å². The number of aryl methyl sites for hydroxylation is 1. The van der Waals surface area contributed by atoms with Crippen molar-refractivity contribution in [2.45, 2.75) is 6.85 Å². The summed E-state index contributed by atoms with van der Waals surface area (Å²) in [4.78, 5) is 4.65. The van der Waals surface area contributed by atoms with E-state index < -0.39 is 6.85 Å². The van der Waals surface area contributed by atoms with Gasteiger partial charge in [-0.1, -0.05) is 97.1 Å². The molecule has 3 nitrogen and oxygen atoms in total. The Morgan fingerprint density at radius 1 is 0.556 bits per heavy atom. The quantitative estimate of drug-likeness (QED) is 0.191. The number of fused-ring (bicyclic) bond motifs is 10. The van der Waals surface area contributed by atoms with Crippen LogP contribution >= 0.6 is 0 Å². The van der Waals surface area contributed by atoms with Gasteiger partial charge >= 0.3 is 0 Å². The van der Waals surface area contributed by atoms with Gasteiger partial charge in [-0.2, -0.15) is 0 Å². The Morgan fingerprint density at radius 2 is 1.22 bits per heavy atom. The molecule has 0 bridgehead atoms. The fraction of sp³-hybridized carbons (Fsp3) is 0.0244. The zero-order valence-electron chi connectivity index (χ0n) is 27.2. The summed E-state index contributed by atoms with van der Waals surface area (Å²) < 4.78 is 33.1. The molecule has 7 aromatic carbocycles. The minimum atomic E-state index is -2.40. The van der Waals surface area contributed by atoms with Gasteiger partial charge in [0.25, 0.3) is 6.71 Å². The first-order valence-electron chi connectivity index (χ1n) is 16.8. The molecule has 1 aromatic heterocycles. The third-order valence-electron chi connectivity index (χ3n) is 9.52. The van der Waals surface area contributed by atoms with Gasteiger partial charge in [-0.05, 0) is 82.7 Å². The summed E-state index contributed by atoms with van der Waals surface area (Å²) in [5, 5.41) is 3.73. The maximum atomic E-state index is 8.79. The molecular formula is C41H27BN2O. The average molecular weight is 578 g/mol. The standard InChI is InChI=1S/C41H27BN2O/c1-26-25-33-39(37-31-24-23-27-13-8-9-18-30(27)41(31)45-40(26)37)44(29-16-6-3-7-17-29)36-22-12-21-35-38(36)42(33)32-19-10-11-20-34(32)43(35)28-14-4-2-5-15-28/h2-25H,1H3/i1D3. The molecule has 0 atom stereocenters. The molecule has 8 aromatic rings. The zero-order chi connectivity index (χ0) is 32.1. The molecule has 0 aliphatic carbocycles. The van der Waals surface area contributed by atoms with Crippen LogP contribution in [0.1, 0.15) is 9.68 Å². The van der Waals surface area contributed by atoms with Crippen LogP contribution in [0.15, 0.2) is 150 Å². The van der Waals surface area contributed by atoms with Crippen molar-refractivity contribution in [1.29, 1.82) is 0 Å². The lowest BCUT2D eigenvalue weighted by atomic mass is 9.33. The number of rotatable bonds is 2. The first-order valence-corrected chi connectivity index (χ1v) is 15.3. The van der Waals surface area contributed by atoms with E-state index in [1.54, 1.807) is 0 Å². The second-order valence-electron chi connectivity index (χ2n) is 11.9. The van der Waals surface area contributed by atoms with Gasteiger partial charge in [-0.15, -0.1) is 0 Å². The molecule has 0 saturated heterocycles. The van der Waals surface area contributed by atoms with Gasteiger partial charge in [0.15, 0.2) is 0 Å². The lowest BCUT2D eigenvalue weighted by Gasteiger charge is -2.44. The van der Waals surface area contributed by atoms with E-state index in [0.717, 1.165) is 72.1 Å². The monoisotopic (exact) mass is 577 g/mol. The van der Waals surface area contributed by atoms with Crippen molar-refractivity contribution in [1.82, 2.24) is 0 Å². The molecule has 2 aliphatic heterocycles. The second-order valence-corrected chi connectivity index (χ2v) is 11.9. The predicted octanol–water partition coefficient (Wildman–Crippen LogP) is 9.13. The Kier molecular flexibility index (Phi) is 4.44. The number of nitrogens with zero attached hydrogens (tertiary/aromatic N) is 2. The number of hydrogen-bond acceptors (Lipinski definition) is 3. The minimum absolute atomic E-state index is 0.210. The number of hydrogen-bond donors (Lipinski definition) is 0. The molecule has 0 N–H and O–H groups in total. The molecule has 3 heterocycles.